The molecule has 0 bridgehead atoms. The van der Waals surface area contributed by atoms with E-state index in [1.165, 1.54) is 12.8 Å². The number of amides is 2. The Morgan fingerprint density at radius 2 is 1.86 bits per heavy atom. The van der Waals surface area contributed by atoms with Gasteiger partial charge in [0, 0.05) is 36.2 Å². The van der Waals surface area contributed by atoms with Gasteiger partial charge < -0.3 is 10.2 Å². The molecule has 0 radical (unpaired) electrons. The van der Waals surface area contributed by atoms with Crippen molar-refractivity contribution in [1.82, 2.24) is 10.2 Å². The standard InChI is InChI=1S/C17H30N2O2S/c1-4-22-15-7-5-6-14(15)18-16(20)13-8-10-19(11-9-13)17(21)12(2)3/h12-15H,4-11H2,1-3H3,(H,18,20)/t14-,15-/m1/s1. The van der Waals surface area contributed by atoms with E-state index in [0.717, 1.165) is 38.1 Å². The van der Waals surface area contributed by atoms with Gasteiger partial charge in [0.2, 0.25) is 11.8 Å². The fraction of sp³-hybridized carbons (Fsp3) is 0.882. The van der Waals surface area contributed by atoms with E-state index in [9.17, 15) is 9.59 Å². The molecule has 1 saturated heterocycles. The predicted octanol–water partition coefficient (Wildman–Crippen LogP) is 2.67. The van der Waals surface area contributed by atoms with Crippen LogP contribution in [-0.4, -0.2) is 46.8 Å². The normalized spacial score (nSPS) is 26.5. The Morgan fingerprint density at radius 1 is 1.18 bits per heavy atom. The summed E-state index contributed by atoms with van der Waals surface area (Å²) < 4.78 is 0. The van der Waals surface area contributed by atoms with Crippen LogP contribution in [0.4, 0.5) is 0 Å². The maximum Gasteiger partial charge on any atom is 0.225 e. The van der Waals surface area contributed by atoms with E-state index in [1.54, 1.807) is 0 Å². The van der Waals surface area contributed by atoms with Crippen LogP contribution < -0.4 is 5.32 Å². The summed E-state index contributed by atoms with van der Waals surface area (Å²) in [6.45, 7) is 7.52. The summed E-state index contributed by atoms with van der Waals surface area (Å²) in [7, 11) is 0. The molecule has 4 nitrogen and oxygen atoms in total. The van der Waals surface area contributed by atoms with Crippen molar-refractivity contribution in [3.8, 4) is 0 Å². The van der Waals surface area contributed by atoms with Crippen LogP contribution in [-0.2, 0) is 9.59 Å². The van der Waals surface area contributed by atoms with Gasteiger partial charge in [-0.2, -0.15) is 11.8 Å². The molecule has 0 spiro atoms. The van der Waals surface area contributed by atoms with Gasteiger partial charge in [-0.25, -0.2) is 0 Å². The Bertz CT molecular complexity index is 392. The first-order valence-electron chi connectivity index (χ1n) is 8.73. The summed E-state index contributed by atoms with van der Waals surface area (Å²) in [5, 5.41) is 3.88. The van der Waals surface area contributed by atoms with E-state index in [2.05, 4.69) is 12.2 Å². The average molecular weight is 327 g/mol. The predicted molar refractivity (Wildman–Crippen MR) is 91.8 cm³/mol. The number of likely N-dealkylation sites (tertiary alicyclic amines) is 1. The zero-order valence-electron chi connectivity index (χ0n) is 14.1. The molecule has 2 atom stereocenters. The third-order valence-electron chi connectivity index (χ3n) is 4.83. The fourth-order valence-corrected chi connectivity index (χ4v) is 4.73. The largest absolute Gasteiger partial charge is 0.352 e. The van der Waals surface area contributed by atoms with Gasteiger partial charge >= 0.3 is 0 Å². The van der Waals surface area contributed by atoms with Gasteiger partial charge in [0.15, 0.2) is 0 Å². The minimum absolute atomic E-state index is 0.0516. The monoisotopic (exact) mass is 326 g/mol. The van der Waals surface area contributed by atoms with E-state index < -0.39 is 0 Å². The Kier molecular flexibility index (Phi) is 6.60. The van der Waals surface area contributed by atoms with Gasteiger partial charge in [-0.1, -0.05) is 27.2 Å². The molecule has 2 rings (SSSR count). The second kappa shape index (κ2) is 8.23. The number of thioether (sulfide) groups is 1. The Labute approximate surface area is 138 Å². The number of hydrogen-bond acceptors (Lipinski definition) is 3. The number of hydrogen-bond donors (Lipinski definition) is 1. The van der Waals surface area contributed by atoms with Crippen LogP contribution >= 0.6 is 11.8 Å². The van der Waals surface area contributed by atoms with Crippen LogP contribution in [0.2, 0.25) is 0 Å². The van der Waals surface area contributed by atoms with E-state index in [1.807, 2.05) is 30.5 Å². The van der Waals surface area contributed by atoms with Crippen LogP contribution in [0.3, 0.4) is 0 Å². The molecule has 0 aromatic carbocycles. The molecule has 5 heteroatoms. The molecule has 2 fully saturated rings. The molecule has 2 aliphatic rings. The number of nitrogens with one attached hydrogen (secondary N) is 1. The molecular weight excluding hydrogens is 296 g/mol. The first-order valence-corrected chi connectivity index (χ1v) is 9.78. The molecule has 0 aromatic rings. The highest BCUT2D eigenvalue weighted by Crippen LogP contribution is 2.30. The minimum atomic E-state index is 0.0516. The molecule has 1 aliphatic carbocycles. The number of rotatable bonds is 5. The lowest BCUT2D eigenvalue weighted by Gasteiger charge is -2.33. The summed E-state index contributed by atoms with van der Waals surface area (Å²) in [5.74, 6) is 1.69. The Hall–Kier alpha value is -0.710. The molecular formula is C17H30N2O2S. The van der Waals surface area contributed by atoms with Crippen molar-refractivity contribution in [2.24, 2.45) is 11.8 Å². The van der Waals surface area contributed by atoms with Gasteiger partial charge in [0.05, 0.1) is 0 Å². The van der Waals surface area contributed by atoms with Crippen LogP contribution in [0, 0.1) is 11.8 Å². The van der Waals surface area contributed by atoms with Crippen molar-refractivity contribution in [3.05, 3.63) is 0 Å². The van der Waals surface area contributed by atoms with Crippen molar-refractivity contribution >= 4 is 23.6 Å². The lowest BCUT2D eigenvalue weighted by atomic mass is 9.94. The summed E-state index contributed by atoms with van der Waals surface area (Å²) in [6, 6.07) is 0.354. The fourth-order valence-electron chi connectivity index (χ4n) is 3.53. The third kappa shape index (κ3) is 4.40. The van der Waals surface area contributed by atoms with Gasteiger partial charge in [-0.15, -0.1) is 0 Å². The Balaban J connectivity index is 1.79. The molecule has 22 heavy (non-hydrogen) atoms. The quantitative estimate of drug-likeness (QED) is 0.845. The molecule has 1 saturated carbocycles. The van der Waals surface area contributed by atoms with Gasteiger partial charge in [0.25, 0.3) is 0 Å². The van der Waals surface area contributed by atoms with Crippen molar-refractivity contribution < 1.29 is 9.59 Å². The van der Waals surface area contributed by atoms with E-state index in [4.69, 9.17) is 0 Å². The molecule has 0 aromatic heterocycles. The lowest BCUT2D eigenvalue weighted by Crippen LogP contribution is -2.47. The summed E-state index contributed by atoms with van der Waals surface area (Å²) in [6.07, 6.45) is 5.19. The van der Waals surface area contributed by atoms with Crippen molar-refractivity contribution in [2.75, 3.05) is 18.8 Å². The second-order valence-corrected chi connectivity index (χ2v) is 8.31. The summed E-state index contributed by atoms with van der Waals surface area (Å²) in [4.78, 5) is 26.4. The summed E-state index contributed by atoms with van der Waals surface area (Å²) >= 11 is 1.98. The van der Waals surface area contributed by atoms with Crippen molar-refractivity contribution in [1.29, 1.82) is 0 Å². The highest BCUT2D eigenvalue weighted by molar-refractivity contribution is 7.99. The van der Waals surface area contributed by atoms with Crippen molar-refractivity contribution in [2.45, 2.75) is 64.2 Å². The van der Waals surface area contributed by atoms with Gasteiger partial charge in [-0.3, -0.25) is 9.59 Å². The first-order chi connectivity index (χ1) is 10.5. The number of carbonyl (C=O) groups is 2. The van der Waals surface area contributed by atoms with Gasteiger partial charge in [-0.05, 0) is 31.4 Å². The average Bonchev–Trinajstić information content (AvgIpc) is 2.94. The summed E-state index contributed by atoms with van der Waals surface area (Å²) in [5.41, 5.74) is 0. The maximum absolute atomic E-state index is 12.5. The lowest BCUT2D eigenvalue weighted by molar-refractivity contribution is -0.138. The highest BCUT2D eigenvalue weighted by Gasteiger charge is 2.32. The number of carbonyl (C=O) groups excluding carboxylic acids is 2. The number of nitrogens with zero attached hydrogens (tertiary/aromatic N) is 1. The maximum atomic E-state index is 12.5. The zero-order valence-corrected chi connectivity index (χ0v) is 15.0. The van der Waals surface area contributed by atoms with E-state index in [-0.39, 0.29) is 23.7 Å². The zero-order chi connectivity index (χ0) is 16.1. The van der Waals surface area contributed by atoms with Crippen LogP contribution in [0.15, 0.2) is 0 Å². The van der Waals surface area contributed by atoms with Crippen molar-refractivity contribution in [3.63, 3.8) is 0 Å². The second-order valence-electron chi connectivity index (χ2n) is 6.79. The highest BCUT2D eigenvalue weighted by atomic mass is 32.2. The molecule has 2 amide bonds. The van der Waals surface area contributed by atoms with Crippen LogP contribution in [0.1, 0.15) is 52.9 Å². The minimum Gasteiger partial charge on any atom is -0.352 e. The van der Waals surface area contributed by atoms with Crippen LogP contribution in [0.5, 0.6) is 0 Å². The SMILES string of the molecule is CCS[C@@H]1CCC[C@H]1NC(=O)C1CCN(C(=O)C(C)C)CC1. The number of piperidine rings is 1. The molecule has 1 heterocycles. The topological polar surface area (TPSA) is 49.4 Å². The van der Waals surface area contributed by atoms with Crippen LogP contribution in [0.25, 0.3) is 0 Å². The molecule has 1 aliphatic heterocycles. The van der Waals surface area contributed by atoms with Gasteiger partial charge in [0.1, 0.15) is 0 Å². The van der Waals surface area contributed by atoms with E-state index >= 15 is 0 Å². The smallest absolute Gasteiger partial charge is 0.225 e. The Morgan fingerprint density at radius 3 is 2.45 bits per heavy atom. The van der Waals surface area contributed by atoms with E-state index in [0.29, 0.717) is 11.3 Å². The molecule has 0 unspecified atom stereocenters. The molecule has 1 N–H and O–H groups in total. The third-order valence-corrected chi connectivity index (χ3v) is 6.16. The first kappa shape index (κ1) is 17.6. The molecule has 126 valence electrons.